The zero-order valence-corrected chi connectivity index (χ0v) is 22.8. The topological polar surface area (TPSA) is 164 Å². The van der Waals surface area contributed by atoms with E-state index in [0.29, 0.717) is 0 Å². The summed E-state index contributed by atoms with van der Waals surface area (Å²) in [7, 11) is -4.36. The summed E-state index contributed by atoms with van der Waals surface area (Å²) in [6.45, 7) is 4.81. The molecule has 0 spiro atoms. The Kier molecular flexibility index (Phi) is 9.56. The van der Waals surface area contributed by atoms with Gasteiger partial charge in [0, 0.05) is 6.20 Å². The molecule has 0 aliphatic carbocycles. The average Bonchev–Trinajstić information content (AvgIpc) is 3.10. The minimum atomic E-state index is -4.36. The number of rotatable bonds is 11. The molecule has 7 atom stereocenters. The molecule has 12 nitrogen and oxygen atoms in total. The van der Waals surface area contributed by atoms with E-state index < -0.39 is 67.6 Å². The molecule has 3 rings (SSSR count). The van der Waals surface area contributed by atoms with Gasteiger partial charge < -0.3 is 24.8 Å². The molecular formula is C23H31ClFN4O8P. The normalized spacial score (nSPS) is 26.5. The molecule has 1 aliphatic heterocycles. The van der Waals surface area contributed by atoms with Crippen LogP contribution in [0.2, 0.25) is 0 Å². The predicted molar refractivity (Wildman–Crippen MR) is 136 cm³/mol. The lowest BCUT2D eigenvalue weighted by Gasteiger charge is -2.30. The van der Waals surface area contributed by atoms with Gasteiger partial charge >= 0.3 is 19.4 Å². The number of carbonyl (C=O) groups is 1. The number of carbonyl (C=O) groups excluding carboxylic acids is 1. The van der Waals surface area contributed by atoms with Gasteiger partial charge in [-0.15, -0.1) is 11.6 Å². The first-order chi connectivity index (χ1) is 17.8. The van der Waals surface area contributed by atoms with E-state index in [1.165, 1.54) is 38.2 Å². The number of nitrogens with one attached hydrogen (secondary N) is 1. The van der Waals surface area contributed by atoms with Gasteiger partial charge in [0.25, 0.3) is 0 Å². The first-order valence-electron chi connectivity index (χ1n) is 11.7. The molecule has 4 N–H and O–H groups in total. The van der Waals surface area contributed by atoms with Crippen LogP contribution in [0.3, 0.4) is 0 Å². The van der Waals surface area contributed by atoms with Crippen LogP contribution in [0.1, 0.15) is 33.9 Å². The summed E-state index contributed by atoms with van der Waals surface area (Å²) in [5.74, 6) is -0.632. The van der Waals surface area contributed by atoms with E-state index >= 15 is 0 Å². The van der Waals surface area contributed by atoms with Gasteiger partial charge in [0.2, 0.25) is 0 Å². The minimum absolute atomic E-state index is 0.0753. The maximum Gasteiger partial charge on any atom is 0.459 e. The number of hydrogen-bond acceptors (Lipinski definition) is 10. The van der Waals surface area contributed by atoms with Crippen molar-refractivity contribution in [3.8, 4) is 5.75 Å². The summed E-state index contributed by atoms with van der Waals surface area (Å²) in [6.07, 6.45) is -5.10. The first-order valence-corrected chi connectivity index (χ1v) is 13.7. The number of anilines is 1. The van der Waals surface area contributed by atoms with E-state index in [4.69, 9.17) is 35.9 Å². The van der Waals surface area contributed by atoms with Crippen LogP contribution in [0.5, 0.6) is 5.75 Å². The molecule has 1 fully saturated rings. The molecule has 1 aromatic carbocycles. The van der Waals surface area contributed by atoms with Crippen molar-refractivity contribution in [2.45, 2.75) is 69.3 Å². The summed E-state index contributed by atoms with van der Waals surface area (Å²) in [6, 6.07) is 8.17. The van der Waals surface area contributed by atoms with Gasteiger partial charge in [-0.25, -0.2) is 13.8 Å². The van der Waals surface area contributed by atoms with Crippen LogP contribution in [-0.4, -0.2) is 62.6 Å². The van der Waals surface area contributed by atoms with Crippen LogP contribution in [0.4, 0.5) is 10.2 Å². The molecular weight excluding hydrogens is 546 g/mol. The highest BCUT2D eigenvalue weighted by Crippen LogP contribution is 2.50. The number of nitrogens with two attached hydrogens (primary N) is 1. The standard InChI is InChI=1S/C23H31ClFN4O8P/c1-13(2)34-20(31)14(3)28-38(33,37-16-8-6-5-7-9-16)36-15(4)18-19(30)23(24,12-25)21(35-18)29-11-10-17(26)27-22(29)32/h5-11,13-15,18-19,21,30H,12H2,1-4H3,(H,28,33)(H2,26,27,32)/t14-,15+,18+,19?,21+,23+,38-/m0/s1. The number of aromatic nitrogens is 2. The second-order valence-corrected chi connectivity index (χ2v) is 11.4. The Morgan fingerprint density at radius 1 is 1.32 bits per heavy atom. The van der Waals surface area contributed by atoms with E-state index in [2.05, 4.69) is 10.1 Å². The number of aliphatic hydroxyl groups excluding tert-OH is 1. The van der Waals surface area contributed by atoms with Gasteiger partial charge in [0.1, 0.15) is 41.4 Å². The Bertz CT molecular complexity index is 1220. The molecule has 0 saturated carbocycles. The Hall–Kier alpha value is -2.54. The molecule has 0 radical (unpaired) electrons. The van der Waals surface area contributed by atoms with Gasteiger partial charge in [-0.05, 0) is 45.9 Å². The lowest BCUT2D eigenvalue weighted by Crippen LogP contribution is -2.47. The average molecular weight is 577 g/mol. The fraction of sp³-hybridized carbons (Fsp3) is 0.522. The number of halogens is 2. The fourth-order valence-corrected chi connectivity index (χ4v) is 5.74. The van der Waals surface area contributed by atoms with Crippen molar-refractivity contribution in [3.05, 3.63) is 53.1 Å². The van der Waals surface area contributed by atoms with Crippen LogP contribution in [0.15, 0.2) is 47.4 Å². The van der Waals surface area contributed by atoms with Gasteiger partial charge in [-0.2, -0.15) is 10.1 Å². The van der Waals surface area contributed by atoms with Crippen LogP contribution >= 0.6 is 19.3 Å². The molecule has 1 saturated heterocycles. The maximum absolute atomic E-state index is 14.2. The molecule has 0 bridgehead atoms. The zero-order valence-electron chi connectivity index (χ0n) is 21.2. The van der Waals surface area contributed by atoms with Crippen molar-refractivity contribution in [3.63, 3.8) is 0 Å². The van der Waals surface area contributed by atoms with Crippen molar-refractivity contribution in [1.29, 1.82) is 0 Å². The molecule has 210 valence electrons. The quantitative estimate of drug-likeness (QED) is 0.204. The molecule has 38 heavy (non-hydrogen) atoms. The number of alkyl halides is 2. The number of ether oxygens (including phenoxy) is 2. The summed E-state index contributed by atoms with van der Waals surface area (Å²) in [5, 5.41) is 13.5. The van der Waals surface area contributed by atoms with Crippen LogP contribution in [-0.2, 0) is 23.4 Å². The van der Waals surface area contributed by atoms with Gasteiger partial charge in [-0.3, -0.25) is 13.9 Å². The van der Waals surface area contributed by atoms with E-state index in [1.807, 2.05) is 0 Å². The smallest absolute Gasteiger partial charge is 0.459 e. The SMILES string of the molecule is CC(C)OC(=O)[C@H](C)N[P@@](=O)(Oc1ccccc1)O[C@H](C)[C@H]1O[C@@H](n2ccc(N)nc2=O)[C@@](Cl)(CF)C1O. The second kappa shape index (κ2) is 12.1. The molecule has 1 aliphatic rings. The lowest BCUT2D eigenvalue weighted by atomic mass is 9.97. The predicted octanol–water partition coefficient (Wildman–Crippen LogP) is 2.55. The van der Waals surface area contributed by atoms with Crippen molar-refractivity contribution in [2.75, 3.05) is 12.4 Å². The van der Waals surface area contributed by atoms with Crippen LogP contribution in [0.25, 0.3) is 0 Å². The largest absolute Gasteiger partial charge is 0.462 e. The highest BCUT2D eigenvalue weighted by Gasteiger charge is 2.59. The van der Waals surface area contributed by atoms with Crippen LogP contribution < -0.4 is 21.0 Å². The molecule has 0 amide bonds. The van der Waals surface area contributed by atoms with Crippen molar-refractivity contribution < 1.29 is 37.4 Å². The monoisotopic (exact) mass is 576 g/mol. The molecule has 1 aromatic heterocycles. The second-order valence-electron chi connectivity index (χ2n) is 9.05. The van der Waals surface area contributed by atoms with Gasteiger partial charge in [0.05, 0.1) is 12.2 Å². The number of nitrogen functional groups attached to an aromatic ring is 1. The highest BCUT2D eigenvalue weighted by atomic mass is 35.5. The van der Waals surface area contributed by atoms with Crippen molar-refractivity contribution in [2.24, 2.45) is 0 Å². The third kappa shape index (κ3) is 6.71. The van der Waals surface area contributed by atoms with Crippen LogP contribution in [0, 0.1) is 0 Å². The Balaban J connectivity index is 1.88. The van der Waals surface area contributed by atoms with Crippen molar-refractivity contribution >= 4 is 31.1 Å². The lowest BCUT2D eigenvalue weighted by molar-refractivity contribution is -0.149. The Morgan fingerprint density at radius 2 is 1.97 bits per heavy atom. The molecule has 2 heterocycles. The molecule has 2 aromatic rings. The third-order valence-corrected chi connectivity index (χ3v) is 7.88. The third-order valence-electron chi connectivity index (χ3n) is 5.60. The summed E-state index contributed by atoms with van der Waals surface area (Å²) < 4.78 is 51.2. The number of nitrogens with zero attached hydrogens (tertiary/aromatic N) is 2. The number of aliphatic hydroxyl groups is 1. The van der Waals surface area contributed by atoms with Gasteiger partial charge in [-0.1, -0.05) is 18.2 Å². The van der Waals surface area contributed by atoms with E-state index in [-0.39, 0.29) is 11.6 Å². The molecule has 1 unspecified atom stereocenters. The highest BCUT2D eigenvalue weighted by molar-refractivity contribution is 7.52. The Labute approximate surface area is 223 Å². The fourth-order valence-electron chi connectivity index (χ4n) is 3.77. The molecule has 15 heteroatoms. The number of para-hydroxylation sites is 1. The number of benzene rings is 1. The zero-order chi connectivity index (χ0) is 28.3. The summed E-state index contributed by atoms with van der Waals surface area (Å²) >= 11 is 6.43. The van der Waals surface area contributed by atoms with E-state index in [1.54, 1.807) is 32.0 Å². The first kappa shape index (κ1) is 30.0. The van der Waals surface area contributed by atoms with E-state index in [0.717, 1.165) is 4.57 Å². The number of hydrogen-bond donors (Lipinski definition) is 3. The number of esters is 1. The Morgan fingerprint density at radius 3 is 2.55 bits per heavy atom. The van der Waals surface area contributed by atoms with E-state index in [9.17, 15) is 23.7 Å². The summed E-state index contributed by atoms with van der Waals surface area (Å²) in [4.78, 5) is 26.2. The van der Waals surface area contributed by atoms with Gasteiger partial charge in [0.15, 0.2) is 6.23 Å². The minimum Gasteiger partial charge on any atom is -0.462 e. The maximum atomic E-state index is 14.2. The van der Waals surface area contributed by atoms with Crippen molar-refractivity contribution in [1.82, 2.24) is 14.6 Å². The summed E-state index contributed by atoms with van der Waals surface area (Å²) in [5.41, 5.74) is 4.64.